The maximum atomic E-state index is 12.2. The number of thiophene rings is 1. The van der Waals surface area contributed by atoms with Crippen molar-refractivity contribution in [2.75, 3.05) is 17.7 Å². The molecule has 1 heterocycles. The topological polar surface area (TPSA) is 50.4 Å². The van der Waals surface area contributed by atoms with Crippen LogP contribution in [0.4, 0.5) is 10.7 Å². The number of methoxy groups -OCH3 is 1. The van der Waals surface area contributed by atoms with E-state index in [4.69, 9.17) is 17.0 Å². The Morgan fingerprint density at radius 3 is 2.65 bits per heavy atom. The zero-order chi connectivity index (χ0) is 18.7. The lowest BCUT2D eigenvalue weighted by Crippen LogP contribution is -2.20. The molecule has 4 nitrogen and oxygen atoms in total. The lowest BCUT2D eigenvalue weighted by Gasteiger charge is -2.13. The molecule has 1 aliphatic rings. The third-order valence-corrected chi connectivity index (χ3v) is 6.30. The van der Waals surface area contributed by atoms with Gasteiger partial charge in [-0.3, -0.25) is 0 Å². The van der Waals surface area contributed by atoms with E-state index in [1.807, 2.05) is 12.1 Å². The molecule has 0 aliphatic heterocycles. The van der Waals surface area contributed by atoms with Gasteiger partial charge in [0.15, 0.2) is 5.11 Å². The number of esters is 1. The fraction of sp³-hybridized carbons (Fsp3) is 0.400. The van der Waals surface area contributed by atoms with Gasteiger partial charge in [-0.25, -0.2) is 4.79 Å². The molecule has 0 saturated carbocycles. The van der Waals surface area contributed by atoms with Crippen LogP contribution in [0.3, 0.4) is 0 Å². The lowest BCUT2D eigenvalue weighted by molar-refractivity contribution is 0.0601. The van der Waals surface area contributed by atoms with Crippen LogP contribution in [0, 0.1) is 0 Å². The Kier molecular flexibility index (Phi) is 5.94. The summed E-state index contributed by atoms with van der Waals surface area (Å²) in [6.45, 7) is 4.41. The highest BCUT2D eigenvalue weighted by Crippen LogP contribution is 2.39. The van der Waals surface area contributed by atoms with Crippen molar-refractivity contribution in [3.63, 3.8) is 0 Å². The van der Waals surface area contributed by atoms with Gasteiger partial charge in [-0.1, -0.05) is 26.0 Å². The summed E-state index contributed by atoms with van der Waals surface area (Å²) in [6.07, 6.45) is 4.15. The van der Waals surface area contributed by atoms with Gasteiger partial charge in [0.2, 0.25) is 0 Å². The second-order valence-electron chi connectivity index (χ2n) is 6.56. The van der Waals surface area contributed by atoms with E-state index in [2.05, 4.69) is 36.6 Å². The molecule has 0 bridgehead atoms. The van der Waals surface area contributed by atoms with Crippen molar-refractivity contribution >= 4 is 45.3 Å². The summed E-state index contributed by atoms with van der Waals surface area (Å²) in [5, 5.41) is 7.64. The summed E-state index contributed by atoms with van der Waals surface area (Å²) in [5.74, 6) is 0.248. The van der Waals surface area contributed by atoms with E-state index in [-0.39, 0.29) is 5.97 Å². The number of rotatable bonds is 5. The van der Waals surface area contributed by atoms with Crippen LogP contribution in [0.2, 0.25) is 0 Å². The molecule has 0 spiro atoms. The molecule has 1 atom stereocenters. The van der Waals surface area contributed by atoms with Crippen LogP contribution in [0.15, 0.2) is 24.3 Å². The first kappa shape index (κ1) is 18.9. The second kappa shape index (κ2) is 8.18. The van der Waals surface area contributed by atoms with Crippen LogP contribution >= 0.6 is 23.6 Å². The van der Waals surface area contributed by atoms with Crippen molar-refractivity contribution in [2.24, 2.45) is 0 Å². The van der Waals surface area contributed by atoms with Gasteiger partial charge in [0.1, 0.15) is 5.00 Å². The predicted molar refractivity (Wildman–Crippen MR) is 113 cm³/mol. The Hall–Kier alpha value is -1.92. The van der Waals surface area contributed by atoms with E-state index in [0.717, 1.165) is 41.9 Å². The zero-order valence-corrected chi connectivity index (χ0v) is 17.0. The SMILES string of the molecule is CCC(C)c1ccc(NC(=S)Nc2sc3c(c2C(=O)OC)CCC3)cc1. The van der Waals surface area contributed by atoms with E-state index >= 15 is 0 Å². The monoisotopic (exact) mass is 388 g/mol. The molecule has 1 unspecified atom stereocenters. The number of hydrogen-bond donors (Lipinski definition) is 2. The Morgan fingerprint density at radius 2 is 2.00 bits per heavy atom. The van der Waals surface area contributed by atoms with Gasteiger partial charge in [0.05, 0.1) is 12.7 Å². The van der Waals surface area contributed by atoms with Gasteiger partial charge in [-0.2, -0.15) is 0 Å². The van der Waals surface area contributed by atoms with Gasteiger partial charge in [-0.05, 0) is 67.1 Å². The van der Waals surface area contributed by atoms with Gasteiger partial charge in [0, 0.05) is 10.6 Å². The van der Waals surface area contributed by atoms with Crippen molar-refractivity contribution in [3.05, 3.63) is 45.8 Å². The quantitative estimate of drug-likeness (QED) is 0.534. The number of anilines is 2. The van der Waals surface area contributed by atoms with Gasteiger partial charge in [0.25, 0.3) is 0 Å². The van der Waals surface area contributed by atoms with Crippen molar-refractivity contribution in [2.45, 2.75) is 45.4 Å². The number of carbonyl (C=O) groups is 1. The van der Waals surface area contributed by atoms with Crippen LogP contribution in [-0.2, 0) is 17.6 Å². The fourth-order valence-electron chi connectivity index (χ4n) is 3.21. The molecule has 3 rings (SSSR count). The summed E-state index contributed by atoms with van der Waals surface area (Å²) < 4.78 is 4.97. The summed E-state index contributed by atoms with van der Waals surface area (Å²) in [5.41, 5.74) is 4.00. The highest BCUT2D eigenvalue weighted by molar-refractivity contribution is 7.80. The average Bonchev–Trinajstić information content (AvgIpc) is 3.21. The summed E-state index contributed by atoms with van der Waals surface area (Å²) in [4.78, 5) is 13.5. The number of fused-ring (bicyclic) bond motifs is 1. The fourth-order valence-corrected chi connectivity index (χ4v) is 4.77. The summed E-state index contributed by atoms with van der Waals surface area (Å²) in [7, 11) is 1.42. The Labute approximate surface area is 164 Å². The van der Waals surface area contributed by atoms with Crippen LogP contribution in [0.25, 0.3) is 0 Å². The number of carbonyl (C=O) groups excluding carboxylic acids is 1. The molecule has 2 N–H and O–H groups in total. The number of thiocarbonyl (C=S) groups is 1. The molecule has 1 aromatic heterocycles. The van der Waals surface area contributed by atoms with Gasteiger partial charge in [-0.15, -0.1) is 11.3 Å². The molecule has 138 valence electrons. The third-order valence-electron chi connectivity index (χ3n) is 4.89. The number of hydrogen-bond acceptors (Lipinski definition) is 4. The van der Waals surface area contributed by atoms with Crippen molar-refractivity contribution in [1.29, 1.82) is 0 Å². The highest BCUT2D eigenvalue weighted by Gasteiger charge is 2.27. The highest BCUT2D eigenvalue weighted by atomic mass is 32.1. The molecule has 1 aromatic carbocycles. The molecule has 26 heavy (non-hydrogen) atoms. The van der Waals surface area contributed by atoms with E-state index in [1.165, 1.54) is 17.6 Å². The van der Waals surface area contributed by atoms with Crippen LogP contribution < -0.4 is 10.6 Å². The average molecular weight is 389 g/mol. The van der Waals surface area contributed by atoms with E-state index in [1.54, 1.807) is 11.3 Å². The molecular weight excluding hydrogens is 364 g/mol. The molecule has 2 aromatic rings. The number of benzene rings is 1. The zero-order valence-electron chi connectivity index (χ0n) is 15.3. The number of aryl methyl sites for hydroxylation is 1. The third kappa shape index (κ3) is 3.91. The van der Waals surface area contributed by atoms with Crippen LogP contribution in [-0.4, -0.2) is 18.2 Å². The van der Waals surface area contributed by atoms with Crippen LogP contribution in [0.1, 0.15) is 59.0 Å². The molecule has 1 aliphatic carbocycles. The normalized spacial score (nSPS) is 13.8. The first-order chi connectivity index (χ1) is 12.5. The standard InChI is InChI=1S/C20H24N2O2S2/c1-4-12(2)13-8-10-14(11-9-13)21-20(25)22-18-17(19(23)24-3)15-6-5-7-16(15)26-18/h8-12H,4-7H2,1-3H3,(H2,21,22,25). The van der Waals surface area contributed by atoms with Crippen molar-refractivity contribution in [3.8, 4) is 0 Å². The molecule has 0 radical (unpaired) electrons. The summed E-state index contributed by atoms with van der Waals surface area (Å²) >= 11 is 7.05. The predicted octanol–water partition coefficient (Wildman–Crippen LogP) is 5.35. The number of ether oxygens (including phenoxy) is 1. The first-order valence-electron chi connectivity index (χ1n) is 8.94. The van der Waals surface area contributed by atoms with E-state index in [0.29, 0.717) is 16.6 Å². The smallest absolute Gasteiger partial charge is 0.341 e. The minimum atomic E-state index is -0.299. The van der Waals surface area contributed by atoms with E-state index in [9.17, 15) is 4.79 Å². The lowest BCUT2D eigenvalue weighted by atomic mass is 9.99. The Balaban J connectivity index is 1.72. The Bertz CT molecular complexity index is 812. The first-order valence-corrected chi connectivity index (χ1v) is 10.2. The second-order valence-corrected chi connectivity index (χ2v) is 8.08. The molecule has 0 amide bonds. The maximum Gasteiger partial charge on any atom is 0.341 e. The molecule has 0 fully saturated rings. The number of nitrogens with one attached hydrogen (secondary N) is 2. The molecule has 6 heteroatoms. The van der Waals surface area contributed by atoms with Crippen LogP contribution in [0.5, 0.6) is 0 Å². The van der Waals surface area contributed by atoms with Gasteiger partial charge >= 0.3 is 5.97 Å². The van der Waals surface area contributed by atoms with Gasteiger partial charge < -0.3 is 15.4 Å². The largest absolute Gasteiger partial charge is 0.465 e. The Morgan fingerprint density at radius 1 is 1.27 bits per heavy atom. The summed E-state index contributed by atoms with van der Waals surface area (Å²) in [6, 6.07) is 8.31. The van der Waals surface area contributed by atoms with Crippen molar-refractivity contribution in [1.82, 2.24) is 0 Å². The molecular formula is C20H24N2O2S2. The maximum absolute atomic E-state index is 12.2. The van der Waals surface area contributed by atoms with Crippen molar-refractivity contribution < 1.29 is 9.53 Å². The minimum absolute atomic E-state index is 0.299. The van der Waals surface area contributed by atoms with E-state index < -0.39 is 0 Å². The molecule has 0 saturated heterocycles. The minimum Gasteiger partial charge on any atom is -0.465 e.